The van der Waals surface area contributed by atoms with Crippen LogP contribution < -0.4 is 5.46 Å². The van der Waals surface area contributed by atoms with Crippen LogP contribution in [0, 0.1) is 0 Å². The summed E-state index contributed by atoms with van der Waals surface area (Å²) in [6, 6.07) is 13.9. The second-order valence-electron chi connectivity index (χ2n) is 5.24. The average molecular weight is 368 g/mol. The molecular weight excluding hydrogens is 355 g/mol. The lowest BCUT2D eigenvalue weighted by Crippen LogP contribution is -2.67. The van der Waals surface area contributed by atoms with Crippen molar-refractivity contribution in [3.63, 3.8) is 0 Å². The highest BCUT2D eigenvalue weighted by atomic mass is 79.9. The van der Waals surface area contributed by atoms with Crippen LogP contribution in [0.4, 0.5) is 0 Å². The van der Waals surface area contributed by atoms with Gasteiger partial charge in [-0.05, 0) is 36.8 Å². The van der Waals surface area contributed by atoms with Crippen molar-refractivity contribution in [3.8, 4) is 0 Å². The predicted molar refractivity (Wildman–Crippen MR) is 92.4 cm³/mol. The van der Waals surface area contributed by atoms with Crippen LogP contribution in [-0.4, -0.2) is 35.6 Å². The summed E-state index contributed by atoms with van der Waals surface area (Å²) in [6.45, 7) is -1.71. The van der Waals surface area contributed by atoms with Gasteiger partial charge in [0.1, 0.15) is 0 Å². The SMILES string of the molecule is Brc1ccc([B-](n2cccn2)(n2cccn2)n2cccn2)cc1. The third-order valence-electron chi connectivity index (χ3n) is 4.00. The molecule has 0 amide bonds. The monoisotopic (exact) mass is 367 g/mol. The number of aromatic nitrogens is 6. The minimum Gasteiger partial charge on any atom is -0.396 e. The molecule has 0 fully saturated rings. The van der Waals surface area contributed by atoms with Crippen molar-refractivity contribution in [2.45, 2.75) is 0 Å². The molecule has 0 saturated heterocycles. The Bertz CT molecular complexity index is 785. The fourth-order valence-electron chi connectivity index (χ4n) is 3.02. The molecule has 23 heavy (non-hydrogen) atoms. The predicted octanol–water partition coefficient (Wildman–Crippen LogP) is 1.83. The van der Waals surface area contributed by atoms with E-state index in [-0.39, 0.29) is 0 Å². The summed E-state index contributed by atoms with van der Waals surface area (Å²) < 4.78 is 6.74. The lowest BCUT2D eigenvalue weighted by atomic mass is 9.53. The van der Waals surface area contributed by atoms with Gasteiger partial charge in [-0.25, -0.2) is 15.3 Å². The van der Waals surface area contributed by atoms with Gasteiger partial charge in [-0.1, -0.05) is 40.2 Å². The normalized spacial score (nSPS) is 11.7. The van der Waals surface area contributed by atoms with E-state index < -0.39 is 6.55 Å². The highest BCUT2D eigenvalue weighted by Crippen LogP contribution is 2.14. The molecule has 0 unspecified atom stereocenters. The van der Waals surface area contributed by atoms with Crippen molar-refractivity contribution in [1.29, 1.82) is 0 Å². The molecule has 6 nitrogen and oxygen atoms in total. The first-order chi connectivity index (χ1) is 11.3. The van der Waals surface area contributed by atoms with E-state index >= 15 is 0 Å². The van der Waals surface area contributed by atoms with E-state index in [1.54, 1.807) is 18.6 Å². The zero-order valence-electron chi connectivity index (χ0n) is 12.1. The zero-order valence-corrected chi connectivity index (χ0v) is 13.7. The maximum Gasteiger partial charge on any atom is 0.369 e. The van der Waals surface area contributed by atoms with Gasteiger partial charge in [0.25, 0.3) is 0 Å². The first-order valence-corrected chi connectivity index (χ1v) is 8.02. The average Bonchev–Trinajstić information content (AvgIpc) is 3.35. The molecule has 0 N–H and O–H groups in total. The van der Waals surface area contributed by atoms with E-state index in [1.165, 1.54) is 0 Å². The van der Waals surface area contributed by atoms with Crippen LogP contribution in [0.2, 0.25) is 0 Å². The van der Waals surface area contributed by atoms with Crippen molar-refractivity contribution in [1.82, 2.24) is 29.1 Å². The Balaban J connectivity index is 2.08. The molecular formula is C15H13BBrN6-. The molecule has 0 spiro atoms. The van der Waals surface area contributed by atoms with Crippen LogP contribution in [-0.2, 0) is 0 Å². The third-order valence-corrected chi connectivity index (χ3v) is 4.53. The molecule has 4 aromatic rings. The van der Waals surface area contributed by atoms with E-state index in [0.29, 0.717) is 0 Å². The van der Waals surface area contributed by atoms with Crippen LogP contribution in [0.15, 0.2) is 84.1 Å². The fourth-order valence-corrected chi connectivity index (χ4v) is 3.29. The molecule has 8 heteroatoms. The van der Waals surface area contributed by atoms with E-state index in [9.17, 15) is 0 Å². The van der Waals surface area contributed by atoms with Gasteiger partial charge in [-0.15, -0.1) is 5.46 Å². The van der Waals surface area contributed by atoms with Crippen LogP contribution in [0.1, 0.15) is 0 Å². The summed E-state index contributed by atoms with van der Waals surface area (Å²) in [5.74, 6) is 0. The quantitative estimate of drug-likeness (QED) is 0.517. The molecule has 4 rings (SSSR count). The van der Waals surface area contributed by atoms with Crippen molar-refractivity contribution < 1.29 is 0 Å². The summed E-state index contributed by atoms with van der Waals surface area (Å²) in [5.41, 5.74) is 1.05. The first-order valence-electron chi connectivity index (χ1n) is 7.22. The van der Waals surface area contributed by atoms with Gasteiger partial charge in [0.15, 0.2) is 0 Å². The summed E-state index contributed by atoms with van der Waals surface area (Å²) in [6.07, 6.45) is 11.1. The minimum atomic E-state index is -1.71. The highest BCUT2D eigenvalue weighted by molar-refractivity contribution is 9.10. The second kappa shape index (κ2) is 5.55. The van der Waals surface area contributed by atoms with Gasteiger partial charge in [0, 0.05) is 23.1 Å². The highest BCUT2D eigenvalue weighted by Gasteiger charge is 2.36. The molecule has 1 aromatic carbocycles. The Morgan fingerprint density at radius 1 is 0.696 bits per heavy atom. The summed E-state index contributed by atoms with van der Waals surface area (Å²) in [5, 5.41) is 13.5. The largest absolute Gasteiger partial charge is 0.396 e. The Morgan fingerprint density at radius 2 is 1.13 bits per heavy atom. The maximum absolute atomic E-state index is 4.51. The zero-order chi connectivity index (χ0) is 15.7. The Hall–Kier alpha value is -2.61. The Morgan fingerprint density at radius 3 is 1.48 bits per heavy atom. The Labute approximate surface area is 141 Å². The third kappa shape index (κ3) is 2.14. The van der Waals surface area contributed by atoms with E-state index in [0.717, 1.165) is 9.94 Å². The molecule has 0 radical (unpaired) electrons. The number of hydrogen-bond donors (Lipinski definition) is 0. The molecule has 3 aromatic heterocycles. The van der Waals surface area contributed by atoms with Crippen LogP contribution in [0.5, 0.6) is 0 Å². The molecule has 0 saturated carbocycles. The molecule has 0 aliphatic carbocycles. The fraction of sp³-hybridized carbons (Fsp3) is 0. The van der Waals surface area contributed by atoms with Gasteiger partial charge >= 0.3 is 6.55 Å². The minimum absolute atomic E-state index is 1.02. The van der Waals surface area contributed by atoms with Gasteiger partial charge < -0.3 is 13.8 Å². The molecule has 0 aliphatic rings. The van der Waals surface area contributed by atoms with E-state index in [4.69, 9.17) is 0 Å². The topological polar surface area (TPSA) is 53.5 Å². The van der Waals surface area contributed by atoms with Gasteiger partial charge in [-0.2, -0.15) is 0 Å². The Kier molecular flexibility index (Phi) is 3.38. The van der Waals surface area contributed by atoms with Crippen LogP contribution in [0.25, 0.3) is 0 Å². The standard InChI is InChI=1S/C15H13BBrN6/c17-15-6-4-14(5-7-15)16(21-11-1-8-18-21,22-12-2-9-19-22)23-13-3-10-20-23/h1-13H/q-1. The molecule has 0 atom stereocenters. The number of rotatable bonds is 4. The number of benzene rings is 1. The lowest BCUT2D eigenvalue weighted by molar-refractivity contribution is 0.744. The molecule has 0 bridgehead atoms. The first kappa shape index (κ1) is 14.0. The van der Waals surface area contributed by atoms with Gasteiger partial charge in [-0.3, -0.25) is 0 Å². The number of nitrogens with zero attached hydrogens (tertiary/aromatic N) is 6. The van der Waals surface area contributed by atoms with Crippen molar-refractivity contribution >= 4 is 27.9 Å². The van der Waals surface area contributed by atoms with Gasteiger partial charge in [0.05, 0.1) is 0 Å². The molecule has 114 valence electrons. The number of hydrogen-bond acceptors (Lipinski definition) is 3. The van der Waals surface area contributed by atoms with Crippen LogP contribution >= 0.6 is 15.9 Å². The summed E-state index contributed by atoms with van der Waals surface area (Å²) in [4.78, 5) is 0. The second-order valence-corrected chi connectivity index (χ2v) is 6.16. The molecule has 0 aliphatic heterocycles. The van der Waals surface area contributed by atoms with Crippen molar-refractivity contribution in [2.75, 3.05) is 0 Å². The van der Waals surface area contributed by atoms with Crippen molar-refractivity contribution in [2.24, 2.45) is 0 Å². The smallest absolute Gasteiger partial charge is 0.369 e. The van der Waals surface area contributed by atoms with Gasteiger partial charge in [0.2, 0.25) is 0 Å². The van der Waals surface area contributed by atoms with E-state index in [2.05, 4.69) is 43.4 Å². The number of halogens is 1. The lowest BCUT2D eigenvalue weighted by Gasteiger charge is -2.42. The van der Waals surface area contributed by atoms with Crippen molar-refractivity contribution in [3.05, 3.63) is 84.1 Å². The maximum atomic E-state index is 4.51. The summed E-state index contributed by atoms with van der Waals surface area (Å²) in [7, 11) is 0. The van der Waals surface area contributed by atoms with Crippen LogP contribution in [0.3, 0.4) is 0 Å². The van der Waals surface area contributed by atoms with E-state index in [1.807, 2.05) is 62.7 Å². The molecule has 3 heterocycles. The summed E-state index contributed by atoms with van der Waals surface area (Å²) >= 11 is 3.50.